The number of nitrogens with zero attached hydrogens (tertiary/aromatic N) is 2. The standard InChI is InChI=1S/C23H45N2/c1-4-6-8-10-12-14-16-18-20-25-22-21-24(3)23(25)19-17-15-13-11-9-7-5-2/h21-22H,4-20H2,1-3H3/q+1. The van der Waals surface area contributed by atoms with Crippen molar-refractivity contribution in [1.82, 2.24) is 4.57 Å². The monoisotopic (exact) mass is 349 g/mol. The first-order valence-electron chi connectivity index (χ1n) is 11.3. The molecular formula is C23H45N2+. The normalized spacial score (nSPS) is 11.3. The molecule has 0 saturated heterocycles. The molecule has 0 bridgehead atoms. The van der Waals surface area contributed by atoms with Gasteiger partial charge in [0.15, 0.2) is 0 Å². The summed E-state index contributed by atoms with van der Waals surface area (Å²) in [5.41, 5.74) is 0. The van der Waals surface area contributed by atoms with Crippen LogP contribution in [0, 0.1) is 0 Å². The van der Waals surface area contributed by atoms with Gasteiger partial charge in [-0.2, -0.15) is 0 Å². The van der Waals surface area contributed by atoms with E-state index in [4.69, 9.17) is 0 Å². The Bertz CT molecular complexity index is 408. The number of hydrogen-bond acceptors (Lipinski definition) is 0. The summed E-state index contributed by atoms with van der Waals surface area (Å²) in [5.74, 6) is 1.52. The van der Waals surface area contributed by atoms with E-state index in [1.54, 1.807) is 0 Å². The van der Waals surface area contributed by atoms with E-state index >= 15 is 0 Å². The zero-order chi connectivity index (χ0) is 18.2. The molecule has 0 aliphatic carbocycles. The van der Waals surface area contributed by atoms with Crippen LogP contribution in [0.25, 0.3) is 0 Å². The third-order valence-corrected chi connectivity index (χ3v) is 5.47. The van der Waals surface area contributed by atoms with Crippen molar-refractivity contribution in [2.45, 2.75) is 123 Å². The van der Waals surface area contributed by atoms with Crippen LogP contribution in [0.15, 0.2) is 12.4 Å². The molecule has 0 aromatic carbocycles. The van der Waals surface area contributed by atoms with Crippen LogP contribution < -0.4 is 4.57 Å². The first-order valence-corrected chi connectivity index (χ1v) is 11.3. The summed E-state index contributed by atoms with van der Waals surface area (Å²) in [4.78, 5) is 0. The van der Waals surface area contributed by atoms with Crippen molar-refractivity contribution in [3.8, 4) is 0 Å². The third kappa shape index (κ3) is 10.7. The minimum atomic E-state index is 1.21. The quantitative estimate of drug-likeness (QED) is 0.217. The van der Waals surface area contributed by atoms with Crippen LogP contribution in [0.2, 0.25) is 0 Å². The van der Waals surface area contributed by atoms with Gasteiger partial charge < -0.3 is 0 Å². The van der Waals surface area contributed by atoms with Gasteiger partial charge in [-0.3, -0.25) is 0 Å². The smallest absolute Gasteiger partial charge is 0.237 e. The summed E-state index contributed by atoms with van der Waals surface area (Å²) in [7, 11) is 2.21. The summed E-state index contributed by atoms with van der Waals surface area (Å²) in [6, 6.07) is 0. The average molecular weight is 350 g/mol. The summed E-state index contributed by atoms with van der Waals surface area (Å²) < 4.78 is 4.84. The molecule has 1 aromatic rings. The van der Waals surface area contributed by atoms with Crippen LogP contribution in [-0.4, -0.2) is 4.57 Å². The largest absolute Gasteiger partial charge is 0.256 e. The molecule has 0 fully saturated rings. The fourth-order valence-electron chi connectivity index (χ4n) is 3.73. The fraction of sp³-hybridized carbons (Fsp3) is 0.870. The van der Waals surface area contributed by atoms with Crippen molar-refractivity contribution in [2.75, 3.05) is 0 Å². The molecule has 0 radical (unpaired) electrons. The zero-order valence-corrected chi connectivity index (χ0v) is 17.6. The van der Waals surface area contributed by atoms with Crippen molar-refractivity contribution >= 4 is 0 Å². The van der Waals surface area contributed by atoms with E-state index in [9.17, 15) is 0 Å². The van der Waals surface area contributed by atoms with Gasteiger partial charge in [0.2, 0.25) is 0 Å². The van der Waals surface area contributed by atoms with Crippen LogP contribution in [0.1, 0.15) is 116 Å². The maximum absolute atomic E-state index is 2.51. The second-order valence-electron chi connectivity index (χ2n) is 7.86. The minimum absolute atomic E-state index is 1.21. The lowest BCUT2D eigenvalue weighted by Crippen LogP contribution is -2.32. The predicted octanol–water partition coefficient (Wildman–Crippen LogP) is 6.75. The molecule has 0 unspecified atom stereocenters. The average Bonchev–Trinajstić information content (AvgIpc) is 2.96. The van der Waals surface area contributed by atoms with Gasteiger partial charge >= 0.3 is 0 Å². The maximum atomic E-state index is 2.51. The highest BCUT2D eigenvalue weighted by Gasteiger charge is 2.13. The molecule has 25 heavy (non-hydrogen) atoms. The number of rotatable bonds is 17. The Balaban J connectivity index is 2.12. The van der Waals surface area contributed by atoms with Crippen LogP contribution in [0.5, 0.6) is 0 Å². The third-order valence-electron chi connectivity index (χ3n) is 5.47. The van der Waals surface area contributed by atoms with Crippen molar-refractivity contribution in [3.05, 3.63) is 18.2 Å². The highest BCUT2D eigenvalue weighted by Crippen LogP contribution is 2.12. The van der Waals surface area contributed by atoms with Crippen LogP contribution >= 0.6 is 0 Å². The molecule has 2 nitrogen and oxygen atoms in total. The topological polar surface area (TPSA) is 8.81 Å². The maximum Gasteiger partial charge on any atom is 0.256 e. The molecule has 1 aromatic heterocycles. The second kappa shape index (κ2) is 15.5. The van der Waals surface area contributed by atoms with Gasteiger partial charge in [-0.25, -0.2) is 9.13 Å². The molecule has 146 valence electrons. The second-order valence-corrected chi connectivity index (χ2v) is 7.86. The van der Waals surface area contributed by atoms with Crippen molar-refractivity contribution in [1.29, 1.82) is 0 Å². The molecule has 0 atom stereocenters. The van der Waals surface area contributed by atoms with E-state index in [1.165, 1.54) is 115 Å². The SMILES string of the molecule is CCCCCCCCCCn1cc[n+](C)c1CCCCCCCCC. The van der Waals surface area contributed by atoms with Crippen LogP contribution in [0.3, 0.4) is 0 Å². The minimum Gasteiger partial charge on any atom is -0.237 e. The Morgan fingerprint density at radius 2 is 1.16 bits per heavy atom. The first kappa shape index (κ1) is 22.3. The molecule has 1 rings (SSSR count). The predicted molar refractivity (Wildman–Crippen MR) is 110 cm³/mol. The number of unbranched alkanes of at least 4 members (excludes halogenated alkanes) is 13. The number of hydrogen-bond donors (Lipinski definition) is 0. The van der Waals surface area contributed by atoms with Crippen LogP contribution in [-0.2, 0) is 20.0 Å². The Hall–Kier alpha value is -0.790. The molecule has 0 spiro atoms. The Labute approximate surface area is 158 Å². The van der Waals surface area contributed by atoms with E-state index in [1.807, 2.05) is 0 Å². The van der Waals surface area contributed by atoms with E-state index in [0.717, 1.165) is 0 Å². The van der Waals surface area contributed by atoms with E-state index < -0.39 is 0 Å². The van der Waals surface area contributed by atoms with E-state index in [0.29, 0.717) is 0 Å². The summed E-state index contributed by atoms with van der Waals surface area (Å²) >= 11 is 0. The molecule has 2 heteroatoms. The molecule has 0 aliphatic rings. The molecular weight excluding hydrogens is 304 g/mol. The lowest BCUT2D eigenvalue weighted by Gasteiger charge is -2.04. The number of imidazole rings is 1. The van der Waals surface area contributed by atoms with Gasteiger partial charge in [0.05, 0.1) is 13.6 Å². The Morgan fingerprint density at radius 3 is 1.72 bits per heavy atom. The van der Waals surface area contributed by atoms with Gasteiger partial charge in [-0.15, -0.1) is 0 Å². The molecule has 1 heterocycles. The fourth-order valence-corrected chi connectivity index (χ4v) is 3.73. The number of aryl methyl sites for hydroxylation is 2. The van der Waals surface area contributed by atoms with Crippen molar-refractivity contribution in [3.63, 3.8) is 0 Å². The van der Waals surface area contributed by atoms with Crippen molar-refractivity contribution in [2.24, 2.45) is 7.05 Å². The molecule has 0 amide bonds. The highest BCUT2D eigenvalue weighted by atomic mass is 15.1. The molecule has 0 saturated carbocycles. The van der Waals surface area contributed by atoms with Gasteiger partial charge in [0.25, 0.3) is 5.82 Å². The first-order chi connectivity index (χ1) is 12.3. The lowest BCUT2D eigenvalue weighted by atomic mass is 10.1. The van der Waals surface area contributed by atoms with Gasteiger partial charge in [-0.05, 0) is 19.3 Å². The van der Waals surface area contributed by atoms with Crippen molar-refractivity contribution < 1.29 is 4.57 Å². The summed E-state index contributed by atoms with van der Waals surface area (Å²) in [6.07, 6.45) is 26.8. The summed E-state index contributed by atoms with van der Waals surface area (Å²) in [6.45, 7) is 5.80. The van der Waals surface area contributed by atoms with Crippen LogP contribution in [0.4, 0.5) is 0 Å². The Morgan fingerprint density at radius 1 is 0.680 bits per heavy atom. The summed E-state index contributed by atoms with van der Waals surface area (Å²) in [5, 5.41) is 0. The molecule has 0 N–H and O–H groups in total. The van der Waals surface area contributed by atoms with Gasteiger partial charge in [-0.1, -0.05) is 90.9 Å². The highest BCUT2D eigenvalue weighted by molar-refractivity contribution is 4.84. The molecule has 0 aliphatic heterocycles. The number of aromatic nitrogens is 2. The van der Waals surface area contributed by atoms with Gasteiger partial charge in [0, 0.05) is 6.42 Å². The van der Waals surface area contributed by atoms with Gasteiger partial charge in [0.1, 0.15) is 12.4 Å². The van der Waals surface area contributed by atoms with E-state index in [2.05, 4.69) is 42.4 Å². The lowest BCUT2D eigenvalue weighted by molar-refractivity contribution is -0.678. The Kier molecular flexibility index (Phi) is 13.8. The zero-order valence-electron chi connectivity index (χ0n) is 17.6. The van der Waals surface area contributed by atoms with E-state index in [-0.39, 0.29) is 0 Å².